The zero-order valence-electron chi connectivity index (χ0n) is 16.5. The summed E-state index contributed by atoms with van der Waals surface area (Å²) in [6.45, 7) is 4.41. The number of hydrogen-bond acceptors (Lipinski definition) is 6. The second kappa shape index (κ2) is 8.96. The fourth-order valence-electron chi connectivity index (χ4n) is 3.07. The first-order valence-electron chi connectivity index (χ1n) is 9.23. The summed E-state index contributed by atoms with van der Waals surface area (Å²) < 4.78 is 37.2. The van der Waals surface area contributed by atoms with Gasteiger partial charge in [-0.1, -0.05) is 19.1 Å². The summed E-state index contributed by atoms with van der Waals surface area (Å²) in [7, 11) is -3.73. The minimum atomic E-state index is -3.73. The fourth-order valence-corrected chi connectivity index (χ4v) is 4.99. The van der Waals surface area contributed by atoms with Gasteiger partial charge in [0.05, 0.1) is 17.6 Å². The van der Waals surface area contributed by atoms with Crippen LogP contribution in [0.1, 0.15) is 13.8 Å². The summed E-state index contributed by atoms with van der Waals surface area (Å²) in [6.07, 6.45) is 1.08. The third-order valence-corrected chi connectivity index (χ3v) is 6.51. The van der Waals surface area contributed by atoms with Gasteiger partial charge in [0.15, 0.2) is 11.5 Å². The van der Waals surface area contributed by atoms with Crippen LogP contribution in [0.25, 0.3) is 0 Å². The summed E-state index contributed by atoms with van der Waals surface area (Å²) in [5.74, 6) is 1.44. The lowest BCUT2D eigenvalue weighted by atomic mass is 10.2. The van der Waals surface area contributed by atoms with Gasteiger partial charge in [0.1, 0.15) is 19.3 Å². The molecule has 0 radical (unpaired) electrons. The Labute approximate surface area is 175 Å². The zero-order valence-corrected chi connectivity index (χ0v) is 18.2. The Morgan fingerprint density at radius 2 is 1.86 bits per heavy atom. The molecule has 1 N–H and O–H groups in total. The number of rotatable bonds is 7. The van der Waals surface area contributed by atoms with Gasteiger partial charge in [0.25, 0.3) is 0 Å². The summed E-state index contributed by atoms with van der Waals surface area (Å²) in [5, 5.41) is 2.86. The van der Waals surface area contributed by atoms with E-state index in [0.717, 1.165) is 21.2 Å². The van der Waals surface area contributed by atoms with Crippen molar-refractivity contribution in [3.05, 3.63) is 42.5 Å². The van der Waals surface area contributed by atoms with E-state index in [1.54, 1.807) is 43.0 Å². The molecule has 0 saturated heterocycles. The van der Waals surface area contributed by atoms with Crippen molar-refractivity contribution in [1.82, 2.24) is 0 Å². The lowest BCUT2D eigenvalue weighted by Crippen LogP contribution is -2.45. The van der Waals surface area contributed by atoms with Gasteiger partial charge < -0.3 is 14.8 Å². The predicted molar refractivity (Wildman–Crippen MR) is 116 cm³/mol. The average Bonchev–Trinajstić information content (AvgIpc) is 2.68. The number of carbonyl (C=O) groups is 1. The molecule has 3 rings (SSSR count). The van der Waals surface area contributed by atoms with Crippen LogP contribution in [0.4, 0.5) is 11.4 Å². The molecule has 0 aromatic heterocycles. The van der Waals surface area contributed by atoms with E-state index in [9.17, 15) is 13.2 Å². The van der Waals surface area contributed by atoms with E-state index in [2.05, 4.69) is 5.32 Å². The normalized spacial score (nSPS) is 14.2. The highest BCUT2D eigenvalue weighted by Crippen LogP contribution is 2.35. The quantitative estimate of drug-likeness (QED) is 0.670. The highest BCUT2D eigenvalue weighted by molar-refractivity contribution is 7.99. The number of nitrogens with one attached hydrogen (secondary N) is 1. The van der Waals surface area contributed by atoms with Crippen LogP contribution in [0.3, 0.4) is 0 Å². The lowest BCUT2D eigenvalue weighted by molar-refractivity contribution is -0.116. The van der Waals surface area contributed by atoms with Crippen molar-refractivity contribution in [2.45, 2.75) is 24.8 Å². The molecular formula is C20H24N2O5S2. The van der Waals surface area contributed by atoms with Gasteiger partial charge in [0.2, 0.25) is 15.9 Å². The van der Waals surface area contributed by atoms with Crippen LogP contribution < -0.4 is 19.1 Å². The van der Waals surface area contributed by atoms with E-state index in [0.29, 0.717) is 36.1 Å². The highest BCUT2D eigenvalue weighted by Gasteiger charge is 2.30. The molecular weight excluding hydrogens is 412 g/mol. The third-order valence-electron chi connectivity index (χ3n) is 4.31. The molecule has 1 atom stereocenters. The Kier molecular flexibility index (Phi) is 6.59. The SMILES string of the molecule is CCSc1ccccc1NC(=O)[C@@H](C)N(c1ccc2c(c1)OCCO2)S(C)(=O)=O. The molecule has 2 aromatic rings. The first kappa shape index (κ1) is 21.3. The van der Waals surface area contributed by atoms with Crippen LogP contribution in [0, 0.1) is 0 Å². The van der Waals surface area contributed by atoms with Crippen molar-refractivity contribution in [3.63, 3.8) is 0 Å². The molecule has 29 heavy (non-hydrogen) atoms. The number of anilines is 2. The molecule has 0 unspecified atom stereocenters. The van der Waals surface area contributed by atoms with Crippen LogP contribution in [0.15, 0.2) is 47.4 Å². The molecule has 2 aromatic carbocycles. The standard InChI is InChI=1S/C20H24N2O5S2/c1-4-28-19-8-6-5-7-16(19)21-20(23)14(2)22(29(3,24)25)15-9-10-17-18(13-15)27-12-11-26-17/h5-10,13-14H,4,11-12H2,1-3H3,(H,21,23)/t14-/m1/s1. The lowest BCUT2D eigenvalue weighted by Gasteiger charge is -2.29. The van der Waals surface area contributed by atoms with E-state index in [1.807, 2.05) is 25.1 Å². The van der Waals surface area contributed by atoms with E-state index >= 15 is 0 Å². The number of thioether (sulfide) groups is 1. The number of ether oxygens (including phenoxy) is 2. The second-order valence-corrected chi connectivity index (χ2v) is 9.65. The minimum absolute atomic E-state index is 0.343. The van der Waals surface area contributed by atoms with Gasteiger partial charge in [-0.3, -0.25) is 9.10 Å². The first-order chi connectivity index (χ1) is 13.8. The number of carbonyl (C=O) groups excluding carboxylic acids is 1. The van der Waals surface area contributed by atoms with Crippen molar-refractivity contribution in [2.75, 3.05) is 34.8 Å². The molecule has 156 valence electrons. The maximum atomic E-state index is 12.9. The van der Waals surface area contributed by atoms with Crippen molar-refractivity contribution in [3.8, 4) is 11.5 Å². The van der Waals surface area contributed by atoms with E-state index in [1.165, 1.54) is 0 Å². The van der Waals surface area contributed by atoms with Gasteiger partial charge in [0, 0.05) is 11.0 Å². The fraction of sp³-hybridized carbons (Fsp3) is 0.350. The molecule has 1 aliphatic rings. The van der Waals surface area contributed by atoms with E-state index in [-0.39, 0.29) is 0 Å². The number of sulfonamides is 1. The maximum Gasteiger partial charge on any atom is 0.248 e. The zero-order chi connectivity index (χ0) is 21.0. The van der Waals surface area contributed by atoms with Crippen molar-refractivity contribution < 1.29 is 22.7 Å². The molecule has 0 bridgehead atoms. The van der Waals surface area contributed by atoms with Crippen LogP contribution in [0.5, 0.6) is 11.5 Å². The topological polar surface area (TPSA) is 84.9 Å². The molecule has 1 aliphatic heterocycles. The van der Waals surface area contributed by atoms with Crippen LogP contribution in [0.2, 0.25) is 0 Å². The van der Waals surface area contributed by atoms with Gasteiger partial charge in [-0.2, -0.15) is 0 Å². The van der Waals surface area contributed by atoms with Crippen LogP contribution >= 0.6 is 11.8 Å². The summed E-state index contributed by atoms with van der Waals surface area (Å²) in [5.41, 5.74) is 1.00. The van der Waals surface area contributed by atoms with Crippen LogP contribution in [-0.4, -0.2) is 45.6 Å². The Balaban J connectivity index is 1.89. The second-order valence-electron chi connectivity index (χ2n) is 6.48. The number of nitrogens with zero attached hydrogens (tertiary/aromatic N) is 1. The minimum Gasteiger partial charge on any atom is -0.486 e. The summed E-state index contributed by atoms with van der Waals surface area (Å²) >= 11 is 1.60. The molecule has 0 fully saturated rings. The van der Waals surface area contributed by atoms with Gasteiger partial charge in [-0.05, 0) is 36.9 Å². The number of para-hydroxylation sites is 1. The largest absolute Gasteiger partial charge is 0.486 e. The third kappa shape index (κ3) is 4.97. The number of amides is 1. The molecule has 0 aliphatic carbocycles. The van der Waals surface area contributed by atoms with Crippen molar-refractivity contribution >= 4 is 39.1 Å². The molecule has 0 spiro atoms. The van der Waals surface area contributed by atoms with E-state index in [4.69, 9.17) is 9.47 Å². The molecule has 0 saturated carbocycles. The molecule has 9 heteroatoms. The smallest absolute Gasteiger partial charge is 0.248 e. The molecule has 1 heterocycles. The number of benzene rings is 2. The first-order valence-corrected chi connectivity index (χ1v) is 12.1. The van der Waals surface area contributed by atoms with Gasteiger partial charge in [-0.25, -0.2) is 8.42 Å². The highest BCUT2D eigenvalue weighted by atomic mass is 32.2. The summed E-state index contributed by atoms with van der Waals surface area (Å²) in [6, 6.07) is 11.3. The Morgan fingerprint density at radius 1 is 1.17 bits per heavy atom. The van der Waals surface area contributed by atoms with Crippen molar-refractivity contribution in [2.24, 2.45) is 0 Å². The summed E-state index contributed by atoms with van der Waals surface area (Å²) in [4.78, 5) is 13.9. The van der Waals surface area contributed by atoms with E-state index < -0.39 is 22.0 Å². The number of hydrogen-bond donors (Lipinski definition) is 1. The van der Waals surface area contributed by atoms with Crippen LogP contribution in [-0.2, 0) is 14.8 Å². The Bertz CT molecular complexity index is 994. The number of fused-ring (bicyclic) bond motifs is 1. The monoisotopic (exact) mass is 436 g/mol. The predicted octanol–water partition coefficient (Wildman–Crippen LogP) is 3.36. The Hall–Kier alpha value is -2.39. The van der Waals surface area contributed by atoms with Gasteiger partial charge >= 0.3 is 0 Å². The maximum absolute atomic E-state index is 12.9. The van der Waals surface area contributed by atoms with Crippen molar-refractivity contribution in [1.29, 1.82) is 0 Å². The Morgan fingerprint density at radius 3 is 2.55 bits per heavy atom. The van der Waals surface area contributed by atoms with Gasteiger partial charge in [-0.15, -0.1) is 11.8 Å². The molecule has 1 amide bonds. The molecule has 7 nitrogen and oxygen atoms in total. The average molecular weight is 437 g/mol.